The number of piperidine rings is 1. The Morgan fingerprint density at radius 1 is 1.23 bits per heavy atom. The number of nitrogens with zero attached hydrogens (tertiary/aromatic N) is 1. The number of carbonyl (C=O) groups is 2. The number of β-amino-alcohol motifs (C(OH)–C–C–N with tert-alkyl or cyclic N) is 1. The SMILES string of the molecule is C[C@H]1[C@@H](OC(=O)N[C@@H](CSc2ccccc2)[C@H](O)CN2C[C@H]3CCS[C@H]3C[C@H]2C(=O)NC(C)(C)C)CCS1(=O)=O. The van der Waals surface area contributed by atoms with Crippen LogP contribution in [0.15, 0.2) is 35.2 Å². The molecule has 2 amide bonds. The summed E-state index contributed by atoms with van der Waals surface area (Å²) in [6.07, 6.45) is -0.327. The second kappa shape index (κ2) is 13.2. The number of carbonyl (C=O) groups excluding carboxylic acids is 2. The predicted molar refractivity (Wildman–Crippen MR) is 160 cm³/mol. The number of hydrogen-bond acceptors (Lipinski definition) is 9. The first-order valence-corrected chi connectivity index (χ1v) is 17.8. The minimum absolute atomic E-state index is 0.00451. The number of benzene rings is 1. The molecular formula is C28H43N3O6S3. The number of sulfone groups is 1. The number of aliphatic hydroxyl groups excluding tert-OH is 1. The van der Waals surface area contributed by atoms with Gasteiger partial charge in [0.1, 0.15) is 6.10 Å². The number of thioether (sulfide) groups is 2. The van der Waals surface area contributed by atoms with Gasteiger partial charge in [0.15, 0.2) is 9.84 Å². The van der Waals surface area contributed by atoms with E-state index in [4.69, 9.17) is 4.74 Å². The zero-order chi connectivity index (χ0) is 29.1. The third-order valence-corrected chi connectivity index (χ3v) is 12.8. The van der Waals surface area contributed by atoms with Crippen LogP contribution in [0.1, 0.15) is 47.0 Å². The Balaban J connectivity index is 1.46. The lowest BCUT2D eigenvalue weighted by Crippen LogP contribution is -2.60. The van der Waals surface area contributed by atoms with E-state index >= 15 is 0 Å². The van der Waals surface area contributed by atoms with Gasteiger partial charge in [-0.15, -0.1) is 11.8 Å². The van der Waals surface area contributed by atoms with Gasteiger partial charge in [-0.1, -0.05) is 18.2 Å². The fourth-order valence-electron chi connectivity index (χ4n) is 5.62. The van der Waals surface area contributed by atoms with Gasteiger partial charge in [0.25, 0.3) is 0 Å². The molecular weight excluding hydrogens is 571 g/mol. The molecule has 0 aliphatic carbocycles. The summed E-state index contributed by atoms with van der Waals surface area (Å²) in [4.78, 5) is 29.3. The molecule has 0 spiro atoms. The quantitative estimate of drug-likeness (QED) is 0.361. The van der Waals surface area contributed by atoms with Crippen LogP contribution in [0.5, 0.6) is 0 Å². The molecule has 0 aromatic heterocycles. The van der Waals surface area contributed by atoms with E-state index in [2.05, 4.69) is 15.5 Å². The summed E-state index contributed by atoms with van der Waals surface area (Å²) in [5.41, 5.74) is -0.369. The third-order valence-electron chi connectivity index (χ3n) is 7.91. The zero-order valence-corrected chi connectivity index (χ0v) is 26.2. The number of hydrogen-bond donors (Lipinski definition) is 3. The summed E-state index contributed by atoms with van der Waals surface area (Å²) in [6, 6.07) is 8.68. The van der Waals surface area contributed by atoms with Gasteiger partial charge in [0, 0.05) is 34.5 Å². The molecule has 3 heterocycles. The number of amides is 2. The topological polar surface area (TPSA) is 125 Å². The van der Waals surface area contributed by atoms with E-state index in [0.717, 1.165) is 30.0 Å². The average molecular weight is 614 g/mol. The van der Waals surface area contributed by atoms with E-state index < -0.39 is 39.4 Å². The Morgan fingerprint density at radius 3 is 2.60 bits per heavy atom. The van der Waals surface area contributed by atoms with E-state index in [9.17, 15) is 23.1 Å². The van der Waals surface area contributed by atoms with Gasteiger partial charge in [-0.2, -0.15) is 11.8 Å². The summed E-state index contributed by atoms with van der Waals surface area (Å²) < 4.78 is 29.8. The third kappa shape index (κ3) is 8.30. The van der Waals surface area contributed by atoms with Crippen molar-refractivity contribution < 1.29 is 27.9 Å². The molecule has 40 heavy (non-hydrogen) atoms. The van der Waals surface area contributed by atoms with Gasteiger partial charge >= 0.3 is 6.09 Å². The first-order chi connectivity index (χ1) is 18.8. The van der Waals surface area contributed by atoms with Crippen molar-refractivity contribution in [3.63, 3.8) is 0 Å². The number of fused-ring (bicyclic) bond motifs is 1. The molecule has 9 nitrogen and oxygen atoms in total. The lowest BCUT2D eigenvalue weighted by Gasteiger charge is -2.43. The molecule has 1 aromatic rings. The summed E-state index contributed by atoms with van der Waals surface area (Å²) in [6.45, 7) is 8.39. The summed E-state index contributed by atoms with van der Waals surface area (Å²) in [7, 11) is -3.27. The highest BCUT2D eigenvalue weighted by Gasteiger charge is 2.44. The van der Waals surface area contributed by atoms with Crippen LogP contribution in [0.3, 0.4) is 0 Å². The molecule has 4 rings (SSSR count). The molecule has 0 unspecified atom stereocenters. The number of nitrogens with one attached hydrogen (secondary N) is 2. The highest BCUT2D eigenvalue weighted by molar-refractivity contribution is 8.00. The van der Waals surface area contributed by atoms with Crippen molar-refractivity contribution in [3.8, 4) is 0 Å². The molecule has 0 bridgehead atoms. The second-order valence-electron chi connectivity index (χ2n) is 12.1. The Hall–Kier alpha value is -1.47. The number of ether oxygens (including phenoxy) is 1. The predicted octanol–water partition coefficient (Wildman–Crippen LogP) is 2.92. The van der Waals surface area contributed by atoms with Crippen LogP contribution >= 0.6 is 23.5 Å². The summed E-state index contributed by atoms with van der Waals surface area (Å²) in [5.74, 6) is 1.89. The maximum absolute atomic E-state index is 13.3. The molecule has 3 saturated heterocycles. The summed E-state index contributed by atoms with van der Waals surface area (Å²) in [5, 5.41) is 17.1. The minimum atomic E-state index is -3.27. The van der Waals surface area contributed by atoms with Crippen molar-refractivity contribution in [1.82, 2.24) is 15.5 Å². The first kappa shape index (κ1) is 31.5. The van der Waals surface area contributed by atoms with Crippen LogP contribution in [-0.2, 0) is 19.4 Å². The van der Waals surface area contributed by atoms with Gasteiger partial charge in [-0.05, 0) is 70.8 Å². The molecule has 0 saturated carbocycles. The van der Waals surface area contributed by atoms with Crippen molar-refractivity contribution >= 4 is 45.4 Å². The van der Waals surface area contributed by atoms with E-state index in [1.54, 1.807) is 6.92 Å². The average Bonchev–Trinajstić information content (AvgIpc) is 3.44. The molecule has 0 radical (unpaired) electrons. The normalized spacial score (nSPS) is 29.8. The van der Waals surface area contributed by atoms with Gasteiger partial charge in [0.05, 0.1) is 29.2 Å². The standard InChI is InChI=1S/C28H43N3O6S3/c1-18-24(11-13-40(18,35)36)37-27(34)29-21(17-39-20-8-6-5-7-9-20)23(32)16-31-15-19-10-12-38-25(19)14-22(31)26(33)30-28(2,3)4/h5-9,18-19,21-25,32H,10-17H2,1-4H3,(H,29,34)(H,30,33)/t18-,19+,21-,22-,23+,24-,25-/m0/s1. The molecule has 3 N–H and O–H groups in total. The molecule has 7 atom stereocenters. The largest absolute Gasteiger partial charge is 0.445 e. The smallest absolute Gasteiger partial charge is 0.407 e. The second-order valence-corrected chi connectivity index (χ2v) is 17.1. The van der Waals surface area contributed by atoms with Crippen molar-refractivity contribution in [3.05, 3.63) is 30.3 Å². The lowest BCUT2D eigenvalue weighted by atomic mass is 9.89. The first-order valence-electron chi connectivity index (χ1n) is 14.0. The molecule has 224 valence electrons. The van der Waals surface area contributed by atoms with Gasteiger partial charge in [-0.25, -0.2) is 13.2 Å². The van der Waals surface area contributed by atoms with Crippen LogP contribution in [-0.4, -0.2) is 101 Å². The number of aliphatic hydroxyl groups is 1. The Labute approximate surface area is 246 Å². The van der Waals surface area contributed by atoms with Crippen LogP contribution in [0.25, 0.3) is 0 Å². The maximum Gasteiger partial charge on any atom is 0.407 e. The summed E-state index contributed by atoms with van der Waals surface area (Å²) >= 11 is 3.44. The van der Waals surface area contributed by atoms with Crippen molar-refractivity contribution in [1.29, 1.82) is 0 Å². The van der Waals surface area contributed by atoms with Gasteiger partial charge < -0.3 is 20.5 Å². The van der Waals surface area contributed by atoms with E-state index in [1.807, 2.05) is 62.9 Å². The number of rotatable bonds is 9. The van der Waals surface area contributed by atoms with Gasteiger partial charge in [-0.3, -0.25) is 9.69 Å². The monoisotopic (exact) mass is 613 g/mol. The molecule has 3 aliphatic rings. The van der Waals surface area contributed by atoms with Gasteiger partial charge in [0.2, 0.25) is 5.91 Å². The Morgan fingerprint density at radius 2 is 1.95 bits per heavy atom. The fourth-order valence-corrected chi connectivity index (χ4v) is 9.78. The highest BCUT2D eigenvalue weighted by atomic mass is 32.2. The van der Waals surface area contributed by atoms with Crippen LogP contribution in [0.2, 0.25) is 0 Å². The Kier molecular flexibility index (Phi) is 10.4. The van der Waals surface area contributed by atoms with Crippen LogP contribution in [0, 0.1) is 5.92 Å². The Bertz CT molecular complexity index is 1130. The number of alkyl carbamates (subject to hydrolysis) is 1. The molecule has 3 aliphatic heterocycles. The highest BCUT2D eigenvalue weighted by Crippen LogP contribution is 2.40. The van der Waals surface area contributed by atoms with Crippen LogP contribution < -0.4 is 10.6 Å². The molecule has 12 heteroatoms. The van der Waals surface area contributed by atoms with Crippen molar-refractivity contribution in [2.24, 2.45) is 5.92 Å². The van der Waals surface area contributed by atoms with E-state index in [0.29, 0.717) is 16.9 Å². The minimum Gasteiger partial charge on any atom is -0.445 e. The fraction of sp³-hybridized carbons (Fsp3) is 0.714. The lowest BCUT2D eigenvalue weighted by molar-refractivity contribution is -0.130. The van der Waals surface area contributed by atoms with Crippen LogP contribution in [0.4, 0.5) is 4.79 Å². The molecule has 3 fully saturated rings. The zero-order valence-electron chi connectivity index (χ0n) is 23.7. The van der Waals surface area contributed by atoms with E-state index in [-0.39, 0.29) is 36.2 Å². The molecule has 1 aromatic carbocycles. The van der Waals surface area contributed by atoms with Crippen molar-refractivity contribution in [2.75, 3.05) is 30.3 Å². The van der Waals surface area contributed by atoms with Crippen molar-refractivity contribution in [2.45, 2.75) is 92.2 Å². The number of likely N-dealkylation sites (tertiary alicyclic amines) is 1. The van der Waals surface area contributed by atoms with E-state index in [1.165, 1.54) is 11.8 Å². The maximum atomic E-state index is 13.3.